The standard InChI is InChI=1S/C29H31N5O22S6/c1-48-19-5-4-16(59(38,39)9-7-52-62(45,46)47)12-17(19)31-34-28-24(61(42,43)44)11-15-10-22(57-55-53-36)27(29(35)25(15)26(28)30)33-32-18-13-21(50-3)23(14-20(18)49-2)60(40,41)8-6-51-58-56-54-37/h4-5,10-14,35-37H,6-9,30H2,1-3H3,(H,42,43,44)(H,45,46,47). The van der Waals surface area contributed by atoms with E-state index in [0.717, 1.165) is 49.6 Å². The number of nitrogens with two attached hydrogens (primary N) is 1. The van der Waals surface area contributed by atoms with E-state index in [9.17, 15) is 43.3 Å². The topological polar surface area (TPSA) is 396 Å². The summed E-state index contributed by atoms with van der Waals surface area (Å²) >= 11 is 0.376. The summed E-state index contributed by atoms with van der Waals surface area (Å²) in [7, 11) is -15.2. The number of phenolic OH excluding ortho intramolecular Hbond substituents is 1. The average Bonchev–Trinajstić information content (AvgIpc) is 3.20. The molecule has 0 aliphatic carbocycles. The van der Waals surface area contributed by atoms with Crippen molar-refractivity contribution in [3.8, 4) is 23.0 Å². The largest absolute Gasteiger partial charge is 0.505 e. The molecule has 0 saturated carbocycles. The number of ether oxygens (including phenoxy) is 3. The van der Waals surface area contributed by atoms with Gasteiger partial charge < -0.3 is 25.1 Å². The van der Waals surface area contributed by atoms with Crippen LogP contribution >= 0.6 is 24.4 Å². The van der Waals surface area contributed by atoms with Crippen LogP contribution in [0.15, 0.2) is 82.5 Å². The smallest absolute Gasteiger partial charge is 0.397 e. The van der Waals surface area contributed by atoms with E-state index in [0.29, 0.717) is 0 Å². The summed E-state index contributed by atoms with van der Waals surface area (Å²) in [5, 5.41) is 50.9. The number of hydrogen-bond donors (Lipinski definition) is 6. The number of nitrogens with zero attached hydrogens (tertiary/aromatic N) is 4. The summed E-state index contributed by atoms with van der Waals surface area (Å²) in [6.45, 7) is -1.40. The van der Waals surface area contributed by atoms with E-state index in [2.05, 4.69) is 43.4 Å². The quantitative estimate of drug-likeness (QED) is 0.0108. The molecule has 0 aliphatic heterocycles. The lowest BCUT2D eigenvalue weighted by molar-refractivity contribution is -0.434. The first kappa shape index (κ1) is 50.1. The van der Waals surface area contributed by atoms with Crippen molar-refractivity contribution in [3.63, 3.8) is 0 Å². The number of fused-ring (bicyclic) bond motifs is 1. The second-order valence-corrected chi connectivity index (χ2v) is 19.3. The molecule has 27 nitrogen and oxygen atoms in total. The van der Waals surface area contributed by atoms with Crippen molar-refractivity contribution in [1.29, 1.82) is 0 Å². The Bertz CT molecular complexity index is 2810. The Labute approximate surface area is 359 Å². The Morgan fingerprint density at radius 3 is 1.89 bits per heavy atom. The molecule has 0 atom stereocenters. The van der Waals surface area contributed by atoms with Crippen molar-refractivity contribution in [1.82, 2.24) is 0 Å². The van der Waals surface area contributed by atoms with Gasteiger partial charge in [0.1, 0.15) is 49.8 Å². The van der Waals surface area contributed by atoms with Gasteiger partial charge in [0.05, 0.1) is 79.0 Å². The second kappa shape index (κ2) is 21.2. The Hall–Kier alpha value is -4.56. The second-order valence-electron chi connectivity index (χ2n) is 11.3. The number of methoxy groups -OCH3 is 3. The van der Waals surface area contributed by atoms with Gasteiger partial charge in [-0.15, -0.1) is 29.1 Å². The molecule has 0 radical (unpaired) electrons. The van der Waals surface area contributed by atoms with Crippen molar-refractivity contribution in [3.05, 3.63) is 42.5 Å². The van der Waals surface area contributed by atoms with Crippen LogP contribution < -0.4 is 19.9 Å². The molecule has 0 saturated heterocycles. The van der Waals surface area contributed by atoms with Crippen LogP contribution in [0.1, 0.15) is 0 Å². The molecule has 4 aromatic carbocycles. The minimum Gasteiger partial charge on any atom is -0.505 e. The highest BCUT2D eigenvalue weighted by Crippen LogP contribution is 2.50. The zero-order chi connectivity index (χ0) is 46.0. The van der Waals surface area contributed by atoms with Crippen LogP contribution in [0, 0.1) is 0 Å². The molecular formula is C29H31N5O22S6. The Morgan fingerprint density at radius 1 is 0.677 bits per heavy atom. The van der Waals surface area contributed by atoms with Crippen molar-refractivity contribution in [2.75, 3.05) is 51.8 Å². The minimum absolute atomic E-state index is 0.126. The van der Waals surface area contributed by atoms with Crippen LogP contribution in [0.2, 0.25) is 0 Å². The molecule has 0 spiro atoms. The van der Waals surface area contributed by atoms with Gasteiger partial charge in [0, 0.05) is 12.1 Å². The van der Waals surface area contributed by atoms with E-state index >= 15 is 0 Å². The fourth-order valence-electron chi connectivity index (χ4n) is 5.03. The number of nitrogen functional groups attached to an aromatic ring is 1. The van der Waals surface area contributed by atoms with E-state index in [1.165, 1.54) is 14.2 Å². The number of azo groups is 2. The summed E-state index contributed by atoms with van der Waals surface area (Å²) in [6.07, 6.45) is 0. The molecule has 4 rings (SSSR count). The maximum absolute atomic E-state index is 13.1. The molecule has 0 bridgehead atoms. The number of rotatable bonds is 23. The number of anilines is 1. The molecule has 0 amide bonds. The summed E-state index contributed by atoms with van der Waals surface area (Å²) in [5.41, 5.74) is 3.84. The van der Waals surface area contributed by atoms with E-state index in [1.54, 1.807) is 0 Å². The zero-order valence-corrected chi connectivity index (χ0v) is 36.3. The van der Waals surface area contributed by atoms with Crippen LogP contribution in [0.5, 0.6) is 23.0 Å². The van der Waals surface area contributed by atoms with Crippen molar-refractivity contribution in [2.24, 2.45) is 20.5 Å². The van der Waals surface area contributed by atoms with Gasteiger partial charge in [-0.05, 0) is 35.7 Å². The minimum atomic E-state index is -5.22. The number of sulfone groups is 2. The van der Waals surface area contributed by atoms with E-state index < -0.39 is 97.5 Å². The van der Waals surface area contributed by atoms with E-state index in [4.69, 9.17) is 39.2 Å². The van der Waals surface area contributed by atoms with Crippen LogP contribution in [-0.4, -0.2) is 104 Å². The summed E-state index contributed by atoms with van der Waals surface area (Å²) in [4.78, 5) is -2.07. The third-order valence-electron chi connectivity index (χ3n) is 7.70. The van der Waals surface area contributed by atoms with Crippen LogP contribution in [0.4, 0.5) is 28.4 Å². The molecule has 33 heteroatoms. The van der Waals surface area contributed by atoms with Crippen LogP contribution in [-0.2, 0) is 67.3 Å². The van der Waals surface area contributed by atoms with Gasteiger partial charge in [0.2, 0.25) is 0 Å². The molecule has 62 heavy (non-hydrogen) atoms. The maximum atomic E-state index is 13.1. The maximum Gasteiger partial charge on any atom is 0.397 e. The highest BCUT2D eigenvalue weighted by molar-refractivity contribution is 7.94. The Balaban J connectivity index is 1.88. The lowest BCUT2D eigenvalue weighted by Crippen LogP contribution is -2.15. The SMILES string of the molecule is COc1ccc(S(=O)(=O)CCOS(=O)(=O)O)cc1N=Nc1c(S(=O)(=O)O)cc2cc(SOOO)c(N=Nc3cc(OC)c(S(=O)(=O)CCOSOOO)cc3OC)c(O)c2c1N. The van der Waals surface area contributed by atoms with Gasteiger partial charge >= 0.3 is 10.4 Å². The van der Waals surface area contributed by atoms with Gasteiger partial charge in [0.15, 0.2) is 37.7 Å². The molecule has 7 N–H and O–H groups in total. The molecule has 0 heterocycles. The third-order valence-corrected chi connectivity index (χ3v) is 13.4. The molecule has 340 valence electrons. The van der Waals surface area contributed by atoms with Gasteiger partial charge in [-0.25, -0.2) is 31.5 Å². The van der Waals surface area contributed by atoms with E-state index in [-0.39, 0.29) is 73.6 Å². The van der Waals surface area contributed by atoms with Crippen molar-refractivity contribution >= 4 is 104 Å². The highest BCUT2D eigenvalue weighted by Gasteiger charge is 2.27. The van der Waals surface area contributed by atoms with E-state index in [1.807, 2.05) is 0 Å². The van der Waals surface area contributed by atoms with Gasteiger partial charge in [-0.2, -0.15) is 16.8 Å². The van der Waals surface area contributed by atoms with Gasteiger partial charge in [0.25, 0.3) is 10.1 Å². The van der Waals surface area contributed by atoms with Gasteiger partial charge in [-0.1, -0.05) is 10.1 Å². The number of phenols is 1. The fraction of sp³-hybridized carbons (Fsp3) is 0.241. The zero-order valence-electron chi connectivity index (χ0n) is 31.4. The highest BCUT2D eigenvalue weighted by atomic mass is 32.3. The van der Waals surface area contributed by atoms with Crippen LogP contribution in [0.3, 0.4) is 0 Å². The summed E-state index contributed by atoms with van der Waals surface area (Å²) < 4.78 is 151. The predicted molar refractivity (Wildman–Crippen MR) is 211 cm³/mol. The van der Waals surface area contributed by atoms with Gasteiger partial charge in [-0.3, -0.25) is 13.3 Å². The summed E-state index contributed by atoms with van der Waals surface area (Å²) in [6, 6.07) is 7.15. The average molecular weight is 994 g/mol. The molecule has 0 aliphatic rings. The van der Waals surface area contributed by atoms with Crippen LogP contribution in [0.25, 0.3) is 10.8 Å². The third kappa shape index (κ3) is 12.5. The molecule has 0 unspecified atom stereocenters. The molecule has 0 aromatic heterocycles. The predicted octanol–water partition coefficient (Wildman–Crippen LogP) is 5.03. The first-order chi connectivity index (χ1) is 29.1. The number of aromatic hydroxyl groups is 1. The monoisotopic (exact) mass is 993 g/mol. The summed E-state index contributed by atoms with van der Waals surface area (Å²) in [5.74, 6) is -2.97. The Kier molecular flexibility index (Phi) is 17.1. The molecule has 0 fully saturated rings. The first-order valence-electron chi connectivity index (χ1n) is 16.0. The lowest BCUT2D eigenvalue weighted by Gasteiger charge is -2.15. The first-order valence-corrected chi connectivity index (χ1v) is 23.5. The Morgan fingerprint density at radius 2 is 1.29 bits per heavy atom. The lowest BCUT2D eigenvalue weighted by atomic mass is 10.1. The molecule has 4 aromatic rings. The fourth-order valence-corrected chi connectivity index (χ4v) is 9.28. The van der Waals surface area contributed by atoms with Crippen molar-refractivity contribution in [2.45, 2.75) is 19.6 Å². The number of hydrogen-bond acceptors (Lipinski definition) is 27. The normalized spacial score (nSPS) is 12.8. The van der Waals surface area contributed by atoms with Crippen molar-refractivity contribution < 1.29 is 99.7 Å². The molecular weight excluding hydrogens is 963 g/mol. The number of benzene rings is 4.